The zero-order valence-electron chi connectivity index (χ0n) is 11.6. The van der Waals surface area contributed by atoms with Crippen LogP contribution in [-0.4, -0.2) is 19.4 Å². The third kappa shape index (κ3) is 4.88. The molecular formula is C15H18FNO3. The Hall–Kier alpha value is -2.09. The molecule has 0 aliphatic carbocycles. The lowest BCUT2D eigenvalue weighted by molar-refractivity contribution is -0.158. The Labute approximate surface area is 118 Å². The van der Waals surface area contributed by atoms with E-state index in [1.54, 1.807) is 31.2 Å². The molecule has 5 heteroatoms. The fourth-order valence-electron chi connectivity index (χ4n) is 1.74. The van der Waals surface area contributed by atoms with Gasteiger partial charge in [-0.25, -0.2) is 4.39 Å². The molecule has 0 saturated heterocycles. The highest BCUT2D eigenvalue weighted by Gasteiger charge is 2.19. The highest BCUT2D eigenvalue weighted by atomic mass is 19.1. The van der Waals surface area contributed by atoms with E-state index in [2.05, 4.69) is 4.74 Å². The first-order chi connectivity index (χ1) is 9.60. The fourth-order valence-corrected chi connectivity index (χ4v) is 1.74. The number of carbonyl (C=O) groups is 1. The van der Waals surface area contributed by atoms with Crippen LogP contribution in [0.1, 0.15) is 37.7 Å². The van der Waals surface area contributed by atoms with Gasteiger partial charge in [0.1, 0.15) is 5.75 Å². The van der Waals surface area contributed by atoms with Crippen molar-refractivity contribution < 1.29 is 18.7 Å². The lowest BCUT2D eigenvalue weighted by atomic mass is 9.97. The predicted octanol–water partition coefficient (Wildman–Crippen LogP) is 3.33. The molecule has 0 aliphatic heterocycles. The maximum Gasteiger partial charge on any atom is 0.309 e. The number of nitriles is 1. The molecule has 0 fully saturated rings. The van der Waals surface area contributed by atoms with E-state index in [1.807, 2.05) is 6.07 Å². The summed E-state index contributed by atoms with van der Waals surface area (Å²) < 4.78 is 22.9. The number of rotatable bonds is 7. The highest BCUT2D eigenvalue weighted by molar-refractivity contribution is 5.71. The summed E-state index contributed by atoms with van der Waals surface area (Å²) in [6.45, 7) is 1.80. The summed E-state index contributed by atoms with van der Waals surface area (Å²) in [7, 11) is 1.52. The molecule has 0 bridgehead atoms. The number of methoxy groups -OCH3 is 1. The number of benzene rings is 1. The van der Waals surface area contributed by atoms with Gasteiger partial charge >= 0.3 is 5.97 Å². The normalized spacial score (nSPS) is 13.1. The molecule has 1 aromatic carbocycles. The third-order valence-electron chi connectivity index (χ3n) is 2.80. The smallest absolute Gasteiger partial charge is 0.309 e. The van der Waals surface area contributed by atoms with Crippen LogP contribution in [-0.2, 0) is 9.53 Å². The average Bonchev–Trinajstić information content (AvgIpc) is 2.45. The number of hydrogen-bond donors (Lipinski definition) is 0. The molecule has 0 saturated carbocycles. The Morgan fingerprint density at radius 3 is 2.85 bits per heavy atom. The molecule has 108 valence electrons. The van der Waals surface area contributed by atoms with E-state index in [-0.39, 0.29) is 12.8 Å². The molecular weight excluding hydrogens is 261 g/mol. The van der Waals surface area contributed by atoms with Gasteiger partial charge in [0.2, 0.25) is 6.36 Å². The Bertz CT molecular complexity index is 484. The van der Waals surface area contributed by atoms with Crippen LogP contribution in [0, 0.1) is 11.3 Å². The van der Waals surface area contributed by atoms with Crippen molar-refractivity contribution in [3.63, 3.8) is 0 Å². The van der Waals surface area contributed by atoms with Gasteiger partial charge < -0.3 is 9.47 Å². The molecule has 1 aromatic rings. The van der Waals surface area contributed by atoms with E-state index >= 15 is 0 Å². The molecule has 0 aliphatic rings. The minimum absolute atomic E-state index is 0.169. The molecule has 20 heavy (non-hydrogen) atoms. The summed E-state index contributed by atoms with van der Waals surface area (Å²) in [6, 6.07) is 8.91. The zero-order chi connectivity index (χ0) is 15.0. The summed E-state index contributed by atoms with van der Waals surface area (Å²) in [5.41, 5.74) is 0.648. The largest absolute Gasteiger partial charge is 0.497 e. The molecule has 0 N–H and O–H groups in total. The third-order valence-corrected chi connectivity index (χ3v) is 2.80. The SMILES string of the molecule is CCCC(F)OC(=O)CC(C#N)c1cccc(OC)c1. The fraction of sp³-hybridized carbons (Fsp3) is 0.467. The van der Waals surface area contributed by atoms with Crippen LogP contribution in [0.25, 0.3) is 0 Å². The molecule has 0 spiro atoms. The summed E-state index contributed by atoms with van der Waals surface area (Å²) in [4.78, 5) is 11.6. The molecule has 1 rings (SSSR count). The monoisotopic (exact) mass is 279 g/mol. The van der Waals surface area contributed by atoms with Crippen molar-refractivity contribution in [2.24, 2.45) is 0 Å². The van der Waals surface area contributed by atoms with Crippen molar-refractivity contribution in [2.75, 3.05) is 7.11 Å². The van der Waals surface area contributed by atoms with E-state index in [4.69, 9.17) is 10.00 Å². The van der Waals surface area contributed by atoms with Crippen molar-refractivity contribution in [3.8, 4) is 11.8 Å². The molecule has 0 amide bonds. The quantitative estimate of drug-likeness (QED) is 0.718. The summed E-state index contributed by atoms with van der Waals surface area (Å²) >= 11 is 0. The standard InChI is InChI=1S/C15H18FNO3/c1-3-5-14(16)20-15(18)9-12(10-17)11-6-4-7-13(8-11)19-2/h4,6-8,12,14H,3,5,9H2,1-2H3. The van der Waals surface area contributed by atoms with Gasteiger partial charge in [-0.3, -0.25) is 4.79 Å². The summed E-state index contributed by atoms with van der Waals surface area (Å²) in [5, 5.41) is 9.14. The number of halogens is 1. The van der Waals surface area contributed by atoms with E-state index < -0.39 is 18.2 Å². The average molecular weight is 279 g/mol. The van der Waals surface area contributed by atoms with Crippen molar-refractivity contribution in [3.05, 3.63) is 29.8 Å². The van der Waals surface area contributed by atoms with Crippen LogP contribution in [0.2, 0.25) is 0 Å². The van der Waals surface area contributed by atoms with Crippen molar-refractivity contribution in [1.29, 1.82) is 5.26 Å². The minimum Gasteiger partial charge on any atom is -0.497 e. The Morgan fingerprint density at radius 2 is 2.25 bits per heavy atom. The van der Waals surface area contributed by atoms with Gasteiger partial charge in [-0.1, -0.05) is 19.1 Å². The number of carbonyl (C=O) groups excluding carboxylic acids is 1. The molecule has 4 nitrogen and oxygen atoms in total. The summed E-state index contributed by atoms with van der Waals surface area (Å²) in [6.07, 6.45) is -1.01. The van der Waals surface area contributed by atoms with Crippen molar-refractivity contribution in [1.82, 2.24) is 0 Å². The number of ether oxygens (including phenoxy) is 2. The Balaban J connectivity index is 2.67. The van der Waals surface area contributed by atoms with Gasteiger partial charge in [-0.05, 0) is 24.1 Å². The van der Waals surface area contributed by atoms with Gasteiger partial charge in [0.25, 0.3) is 0 Å². The molecule has 0 aromatic heterocycles. The van der Waals surface area contributed by atoms with Gasteiger partial charge in [0.05, 0.1) is 25.5 Å². The van der Waals surface area contributed by atoms with E-state index in [9.17, 15) is 9.18 Å². The first-order valence-corrected chi connectivity index (χ1v) is 6.47. The van der Waals surface area contributed by atoms with Gasteiger partial charge in [0.15, 0.2) is 0 Å². The molecule has 2 unspecified atom stereocenters. The first kappa shape index (κ1) is 16.0. The number of nitrogens with zero attached hydrogens (tertiary/aromatic N) is 1. The van der Waals surface area contributed by atoms with Crippen molar-refractivity contribution in [2.45, 2.75) is 38.5 Å². The van der Waals surface area contributed by atoms with E-state index in [1.165, 1.54) is 7.11 Å². The van der Waals surface area contributed by atoms with E-state index in [0.717, 1.165) is 0 Å². The number of esters is 1. The second-order valence-electron chi connectivity index (χ2n) is 4.35. The minimum atomic E-state index is -1.60. The van der Waals surface area contributed by atoms with E-state index in [0.29, 0.717) is 17.7 Å². The molecule has 2 atom stereocenters. The van der Waals surface area contributed by atoms with Crippen LogP contribution >= 0.6 is 0 Å². The zero-order valence-corrected chi connectivity index (χ0v) is 11.6. The maximum absolute atomic E-state index is 13.2. The second kappa shape index (κ2) is 8.16. The van der Waals surface area contributed by atoms with Crippen LogP contribution in [0.5, 0.6) is 5.75 Å². The Kier molecular flexibility index (Phi) is 6.51. The second-order valence-corrected chi connectivity index (χ2v) is 4.35. The number of hydrogen-bond acceptors (Lipinski definition) is 4. The lowest BCUT2D eigenvalue weighted by Crippen LogP contribution is -2.15. The summed E-state index contributed by atoms with van der Waals surface area (Å²) in [5.74, 6) is -0.780. The van der Waals surface area contributed by atoms with Crippen LogP contribution in [0.4, 0.5) is 4.39 Å². The topological polar surface area (TPSA) is 59.3 Å². The van der Waals surface area contributed by atoms with Crippen LogP contribution < -0.4 is 4.74 Å². The van der Waals surface area contributed by atoms with Crippen LogP contribution in [0.3, 0.4) is 0 Å². The molecule has 0 radical (unpaired) electrons. The Morgan fingerprint density at radius 1 is 1.50 bits per heavy atom. The predicted molar refractivity (Wildman–Crippen MR) is 71.9 cm³/mol. The van der Waals surface area contributed by atoms with Gasteiger partial charge in [-0.2, -0.15) is 5.26 Å². The highest BCUT2D eigenvalue weighted by Crippen LogP contribution is 2.24. The first-order valence-electron chi connectivity index (χ1n) is 6.47. The van der Waals surface area contributed by atoms with Gasteiger partial charge in [0, 0.05) is 6.42 Å². The van der Waals surface area contributed by atoms with Gasteiger partial charge in [-0.15, -0.1) is 0 Å². The lowest BCUT2D eigenvalue weighted by Gasteiger charge is -2.12. The molecule has 0 heterocycles. The maximum atomic E-state index is 13.2. The van der Waals surface area contributed by atoms with Crippen LogP contribution in [0.15, 0.2) is 24.3 Å². The number of alkyl halides is 1. The van der Waals surface area contributed by atoms with Crippen molar-refractivity contribution >= 4 is 5.97 Å².